The molecule has 0 spiro atoms. The van der Waals surface area contributed by atoms with Gasteiger partial charge in [0.15, 0.2) is 0 Å². The third kappa shape index (κ3) is 4.30. The average Bonchev–Trinajstić information content (AvgIpc) is 3.22. The summed E-state index contributed by atoms with van der Waals surface area (Å²) >= 11 is 0. The molecule has 7 nitrogen and oxygen atoms in total. The van der Waals surface area contributed by atoms with Crippen molar-refractivity contribution < 1.29 is 19.1 Å². The molecule has 3 aromatic rings. The van der Waals surface area contributed by atoms with Crippen LogP contribution in [0.3, 0.4) is 0 Å². The van der Waals surface area contributed by atoms with Gasteiger partial charge in [-0.1, -0.05) is 30.3 Å². The Morgan fingerprint density at radius 2 is 1.65 bits per heavy atom. The van der Waals surface area contributed by atoms with Crippen LogP contribution in [0.4, 0.5) is 4.79 Å². The molecule has 1 aliphatic heterocycles. The van der Waals surface area contributed by atoms with Crippen molar-refractivity contribution in [3.8, 4) is 0 Å². The van der Waals surface area contributed by atoms with Crippen LogP contribution in [0.2, 0.25) is 0 Å². The van der Waals surface area contributed by atoms with Gasteiger partial charge in [0.1, 0.15) is 5.60 Å². The highest BCUT2D eigenvalue weighted by atomic mass is 16.6. The number of H-pyrrole nitrogens is 1. The summed E-state index contributed by atoms with van der Waals surface area (Å²) in [5.74, 6) is -0.703. The van der Waals surface area contributed by atoms with Gasteiger partial charge in [0.05, 0.1) is 23.7 Å². The van der Waals surface area contributed by atoms with E-state index in [9.17, 15) is 14.4 Å². The number of ether oxygens (including phenoxy) is 1. The van der Waals surface area contributed by atoms with Crippen LogP contribution in [0.1, 0.15) is 47.1 Å². The molecule has 0 saturated carbocycles. The Morgan fingerprint density at radius 3 is 2.29 bits per heavy atom. The van der Waals surface area contributed by atoms with Gasteiger partial charge in [-0.25, -0.2) is 4.79 Å². The number of amides is 3. The predicted molar refractivity (Wildman–Crippen MR) is 117 cm³/mol. The maximum absolute atomic E-state index is 12.8. The molecule has 0 radical (unpaired) electrons. The zero-order valence-corrected chi connectivity index (χ0v) is 17.8. The molecule has 1 aliphatic rings. The first-order chi connectivity index (χ1) is 14.7. The number of nitrogens with one attached hydrogen (secondary N) is 2. The fraction of sp³-hybridized carbons (Fsp3) is 0.292. The maximum Gasteiger partial charge on any atom is 0.407 e. The molecule has 0 unspecified atom stereocenters. The normalized spacial score (nSPS) is 14.6. The van der Waals surface area contributed by atoms with Crippen LogP contribution in [-0.2, 0) is 11.2 Å². The third-order valence-electron chi connectivity index (χ3n) is 5.14. The number of para-hydroxylation sites is 1. The number of benzene rings is 2. The van der Waals surface area contributed by atoms with Crippen molar-refractivity contribution in [3.63, 3.8) is 0 Å². The van der Waals surface area contributed by atoms with Crippen LogP contribution in [-0.4, -0.2) is 46.0 Å². The standard InChI is InChI=1S/C24H25N3O4/c1-24(2,3)31-23(30)26-16(12-15-13-25-20-11-7-6-8-17(15)20)14-27-21(28)18-9-4-5-10-19(18)22(27)29/h4-11,13,16,25H,12,14H2,1-3H3,(H,26,30)/t16-/m1/s1. The van der Waals surface area contributed by atoms with Crippen molar-refractivity contribution >= 4 is 28.8 Å². The molecule has 4 rings (SSSR count). The van der Waals surface area contributed by atoms with Crippen LogP contribution in [0.25, 0.3) is 10.9 Å². The monoisotopic (exact) mass is 419 g/mol. The molecule has 160 valence electrons. The van der Waals surface area contributed by atoms with Crippen molar-refractivity contribution in [1.29, 1.82) is 0 Å². The lowest BCUT2D eigenvalue weighted by atomic mass is 10.0. The van der Waals surface area contributed by atoms with Gasteiger partial charge in [0.25, 0.3) is 11.8 Å². The summed E-state index contributed by atoms with van der Waals surface area (Å²) in [7, 11) is 0. The third-order valence-corrected chi connectivity index (χ3v) is 5.14. The molecule has 2 N–H and O–H groups in total. The van der Waals surface area contributed by atoms with Crippen LogP contribution < -0.4 is 5.32 Å². The van der Waals surface area contributed by atoms with Crippen molar-refractivity contribution in [1.82, 2.24) is 15.2 Å². The summed E-state index contributed by atoms with van der Waals surface area (Å²) in [6, 6.07) is 14.1. The lowest BCUT2D eigenvalue weighted by Gasteiger charge is -2.26. The zero-order chi connectivity index (χ0) is 22.2. The number of nitrogens with zero attached hydrogens (tertiary/aromatic N) is 1. The van der Waals surface area contributed by atoms with E-state index in [1.807, 2.05) is 30.5 Å². The Balaban J connectivity index is 1.59. The first kappa shape index (κ1) is 20.7. The Bertz CT molecular complexity index is 1120. The largest absolute Gasteiger partial charge is 0.444 e. The number of alkyl carbamates (subject to hydrolysis) is 1. The number of aromatic nitrogens is 1. The fourth-order valence-electron chi connectivity index (χ4n) is 3.83. The second-order valence-electron chi connectivity index (χ2n) is 8.67. The molecule has 2 heterocycles. The molecule has 0 aliphatic carbocycles. The van der Waals surface area contributed by atoms with Crippen LogP contribution >= 0.6 is 0 Å². The molecule has 3 amide bonds. The summed E-state index contributed by atoms with van der Waals surface area (Å²) in [6.07, 6.45) is 1.72. The van der Waals surface area contributed by atoms with E-state index in [-0.39, 0.29) is 18.4 Å². The number of aromatic amines is 1. The summed E-state index contributed by atoms with van der Waals surface area (Å²) in [6.45, 7) is 5.40. The van der Waals surface area contributed by atoms with Gasteiger partial charge in [-0.15, -0.1) is 0 Å². The summed E-state index contributed by atoms with van der Waals surface area (Å²) in [5.41, 5.74) is 2.07. The Kier molecular flexibility index (Phi) is 5.27. The van der Waals surface area contributed by atoms with E-state index in [1.54, 1.807) is 45.0 Å². The Hall–Kier alpha value is -3.61. The Labute approximate surface area is 180 Å². The van der Waals surface area contributed by atoms with Crippen LogP contribution in [0.5, 0.6) is 0 Å². The number of rotatable bonds is 5. The lowest BCUT2D eigenvalue weighted by molar-refractivity contribution is 0.0468. The van der Waals surface area contributed by atoms with Gasteiger partial charge in [-0.05, 0) is 51.0 Å². The van der Waals surface area contributed by atoms with Crippen LogP contribution in [0.15, 0.2) is 54.7 Å². The second kappa shape index (κ2) is 7.91. The van der Waals surface area contributed by atoms with E-state index in [1.165, 1.54) is 4.90 Å². The molecule has 31 heavy (non-hydrogen) atoms. The molecule has 0 bridgehead atoms. The number of hydrogen-bond donors (Lipinski definition) is 2. The highest BCUT2D eigenvalue weighted by molar-refractivity contribution is 6.21. The van der Waals surface area contributed by atoms with Gasteiger partial charge >= 0.3 is 6.09 Å². The highest BCUT2D eigenvalue weighted by Crippen LogP contribution is 2.24. The molecule has 0 fully saturated rings. The highest BCUT2D eigenvalue weighted by Gasteiger charge is 2.37. The van der Waals surface area contributed by atoms with Gasteiger partial charge in [0, 0.05) is 17.1 Å². The van der Waals surface area contributed by atoms with E-state index in [0.717, 1.165) is 16.5 Å². The number of hydrogen-bond acceptors (Lipinski definition) is 4. The molecule has 1 atom stereocenters. The van der Waals surface area contributed by atoms with E-state index in [4.69, 9.17) is 4.74 Å². The number of carbonyl (C=O) groups is 3. The molecular formula is C24H25N3O4. The first-order valence-electron chi connectivity index (χ1n) is 10.2. The van der Waals surface area contributed by atoms with Gasteiger partial charge in [0.2, 0.25) is 0 Å². The van der Waals surface area contributed by atoms with Crippen molar-refractivity contribution in [3.05, 3.63) is 71.4 Å². The summed E-state index contributed by atoms with van der Waals surface area (Å²) in [4.78, 5) is 42.6. The number of fused-ring (bicyclic) bond motifs is 2. The molecule has 0 saturated heterocycles. The minimum atomic E-state index is -0.662. The summed E-state index contributed by atoms with van der Waals surface area (Å²) in [5, 5.41) is 3.88. The number of imide groups is 1. The molecule has 7 heteroatoms. The smallest absolute Gasteiger partial charge is 0.407 e. The molecular weight excluding hydrogens is 394 g/mol. The van der Waals surface area contributed by atoms with Crippen molar-refractivity contribution in [2.75, 3.05) is 6.54 Å². The van der Waals surface area contributed by atoms with Crippen molar-refractivity contribution in [2.45, 2.75) is 38.8 Å². The first-order valence-corrected chi connectivity index (χ1v) is 10.2. The fourth-order valence-corrected chi connectivity index (χ4v) is 3.83. The predicted octanol–water partition coefficient (Wildman–Crippen LogP) is 3.90. The van der Waals surface area contributed by atoms with Gasteiger partial charge in [-0.3, -0.25) is 14.5 Å². The molecule has 2 aromatic carbocycles. The second-order valence-corrected chi connectivity index (χ2v) is 8.67. The van der Waals surface area contributed by atoms with Crippen LogP contribution in [0, 0.1) is 0 Å². The lowest BCUT2D eigenvalue weighted by Crippen LogP contribution is -2.48. The number of carbonyl (C=O) groups excluding carboxylic acids is 3. The van der Waals surface area contributed by atoms with Gasteiger partial charge < -0.3 is 15.0 Å². The molecule has 1 aromatic heterocycles. The summed E-state index contributed by atoms with van der Waals surface area (Å²) < 4.78 is 5.41. The Morgan fingerprint density at radius 1 is 1.03 bits per heavy atom. The minimum absolute atomic E-state index is 0.0467. The topological polar surface area (TPSA) is 91.5 Å². The minimum Gasteiger partial charge on any atom is -0.444 e. The quantitative estimate of drug-likeness (QED) is 0.614. The van der Waals surface area contributed by atoms with E-state index in [2.05, 4.69) is 10.3 Å². The zero-order valence-electron chi connectivity index (χ0n) is 17.8. The maximum atomic E-state index is 12.8. The van der Waals surface area contributed by atoms with E-state index >= 15 is 0 Å². The van der Waals surface area contributed by atoms with Crippen molar-refractivity contribution in [2.24, 2.45) is 0 Å². The van der Waals surface area contributed by atoms with E-state index in [0.29, 0.717) is 17.5 Å². The average molecular weight is 419 g/mol. The van der Waals surface area contributed by atoms with E-state index < -0.39 is 17.7 Å². The SMILES string of the molecule is CC(C)(C)OC(=O)N[C@H](Cc1c[nH]c2ccccc12)CN1C(=O)c2ccccc2C1=O. The van der Waals surface area contributed by atoms with Gasteiger partial charge in [-0.2, -0.15) is 0 Å².